The zero-order valence-electron chi connectivity index (χ0n) is 24.6. The molecule has 2 amide bonds. The maximum atomic E-state index is 14.9. The number of fused-ring (bicyclic) bond motifs is 1. The molecular formula is C32H42BrClN2O5S. The number of hydrogen-bond donors (Lipinski definition) is 1. The number of ether oxygens (including phenoxy) is 1. The second-order valence-corrected chi connectivity index (χ2v) is 15.1. The van der Waals surface area contributed by atoms with Gasteiger partial charge in [-0.25, -0.2) is 0 Å². The molecule has 0 aliphatic carbocycles. The zero-order valence-corrected chi connectivity index (χ0v) is 27.8. The van der Waals surface area contributed by atoms with E-state index in [2.05, 4.69) is 29.1 Å². The molecule has 3 aliphatic rings. The fraction of sp³-hybridized carbons (Fsp3) is 0.594. The Labute approximate surface area is 267 Å². The molecule has 7 nitrogen and oxygen atoms in total. The van der Waals surface area contributed by atoms with Crippen molar-refractivity contribution in [3.63, 3.8) is 0 Å². The fourth-order valence-corrected chi connectivity index (χ4v) is 10.9. The number of halogens is 2. The first-order valence-electron chi connectivity index (χ1n) is 14.7. The summed E-state index contributed by atoms with van der Waals surface area (Å²) in [6.07, 6.45) is 6.97. The normalized spacial score (nSPS) is 28.6. The highest BCUT2D eigenvalue weighted by Crippen LogP contribution is 2.68. The van der Waals surface area contributed by atoms with Gasteiger partial charge in [0.1, 0.15) is 6.04 Å². The van der Waals surface area contributed by atoms with Crippen molar-refractivity contribution in [3.8, 4) is 0 Å². The highest BCUT2D eigenvalue weighted by Gasteiger charge is 2.76. The van der Waals surface area contributed by atoms with Gasteiger partial charge in [-0.3, -0.25) is 14.4 Å². The molecule has 2 bridgehead atoms. The Hall–Kier alpha value is -1.81. The molecule has 3 aliphatic heterocycles. The number of benzene rings is 1. The number of para-hydroxylation sites is 1. The van der Waals surface area contributed by atoms with Gasteiger partial charge >= 0.3 is 5.97 Å². The van der Waals surface area contributed by atoms with E-state index in [1.807, 2.05) is 39.0 Å². The molecule has 1 N–H and O–H groups in total. The van der Waals surface area contributed by atoms with Crippen molar-refractivity contribution < 1.29 is 24.2 Å². The number of nitrogens with zero attached hydrogens (tertiary/aromatic N) is 2. The van der Waals surface area contributed by atoms with Gasteiger partial charge in [-0.15, -0.1) is 24.9 Å². The summed E-state index contributed by atoms with van der Waals surface area (Å²) in [5, 5.41) is 10.8. The second-order valence-electron chi connectivity index (χ2n) is 12.0. The van der Waals surface area contributed by atoms with E-state index in [1.54, 1.807) is 33.7 Å². The Balaban J connectivity index is 1.79. The number of carbonyl (C=O) groups is 3. The molecule has 1 aromatic carbocycles. The summed E-state index contributed by atoms with van der Waals surface area (Å²) in [5.41, 5.74) is 1.40. The molecule has 10 heteroatoms. The molecule has 0 saturated carbocycles. The van der Waals surface area contributed by atoms with Crippen molar-refractivity contribution in [2.45, 2.75) is 79.8 Å². The largest absolute Gasteiger partial charge is 0.465 e. The molecule has 3 saturated heterocycles. The summed E-state index contributed by atoms with van der Waals surface area (Å²) < 4.78 is 4.88. The molecule has 3 fully saturated rings. The first-order valence-corrected chi connectivity index (χ1v) is 16.9. The number of carbonyl (C=O) groups excluding carboxylic acids is 3. The first-order chi connectivity index (χ1) is 20.0. The van der Waals surface area contributed by atoms with Crippen LogP contribution in [0, 0.1) is 24.7 Å². The van der Waals surface area contributed by atoms with E-state index in [9.17, 15) is 19.5 Å². The number of rotatable bonds is 14. The topological polar surface area (TPSA) is 87.1 Å². The molecule has 42 heavy (non-hydrogen) atoms. The van der Waals surface area contributed by atoms with Crippen LogP contribution in [-0.2, 0) is 19.1 Å². The van der Waals surface area contributed by atoms with Crippen molar-refractivity contribution in [2.75, 3.05) is 24.7 Å². The standard InChI is InChI=1S/C32H42BrClN2O5S/c1-6-8-9-10-15-41-31(40)24-25-29(38)36(21(18-37)16-19(3)4)28(32(25)17-22(33)27(24)42-32)30(39)35(14-7-2)26-20(5)12-11-13-23(26)34/h6-7,11-13,19,21-22,24-25,27-28,37H,1-2,8-10,14-18H2,3-5H3/t21-,22?,24+,25+,27+,28?,32?/m1/s1. The van der Waals surface area contributed by atoms with Gasteiger partial charge in [-0.05, 0) is 56.6 Å². The van der Waals surface area contributed by atoms with Crippen LogP contribution in [0.5, 0.6) is 0 Å². The van der Waals surface area contributed by atoms with Crippen LogP contribution >= 0.6 is 39.3 Å². The number of allylic oxidation sites excluding steroid dienone is 1. The molecule has 4 rings (SSSR count). The third-order valence-corrected chi connectivity index (χ3v) is 12.2. The Morgan fingerprint density at radius 1 is 1.31 bits per heavy atom. The summed E-state index contributed by atoms with van der Waals surface area (Å²) in [4.78, 5) is 46.1. The van der Waals surface area contributed by atoms with Gasteiger partial charge in [0.05, 0.1) is 46.5 Å². The van der Waals surface area contributed by atoms with Gasteiger partial charge in [0.25, 0.3) is 5.91 Å². The molecule has 0 aromatic heterocycles. The van der Waals surface area contributed by atoms with Crippen LogP contribution in [0.2, 0.25) is 5.02 Å². The third-order valence-electron chi connectivity index (χ3n) is 8.66. The van der Waals surface area contributed by atoms with Gasteiger partial charge in [0, 0.05) is 16.6 Å². The van der Waals surface area contributed by atoms with Gasteiger partial charge in [-0.2, -0.15) is 0 Å². The van der Waals surface area contributed by atoms with Gasteiger partial charge in [0.2, 0.25) is 5.91 Å². The minimum Gasteiger partial charge on any atom is -0.465 e. The number of amides is 2. The second kappa shape index (κ2) is 13.9. The van der Waals surface area contributed by atoms with Crippen molar-refractivity contribution in [1.29, 1.82) is 0 Å². The molecule has 3 heterocycles. The fourth-order valence-electron chi connectivity index (χ4n) is 7.02. The summed E-state index contributed by atoms with van der Waals surface area (Å²) in [7, 11) is 0. The number of aliphatic hydroxyl groups is 1. The predicted octanol–water partition coefficient (Wildman–Crippen LogP) is 5.94. The molecule has 1 spiro atoms. The number of esters is 1. The van der Waals surface area contributed by atoms with Gasteiger partial charge < -0.3 is 19.6 Å². The number of unbranched alkanes of at least 4 members (excludes halogenated alkanes) is 2. The number of likely N-dealkylation sites (tertiary alicyclic amines) is 1. The average molecular weight is 682 g/mol. The summed E-state index contributed by atoms with van der Waals surface area (Å²) in [6, 6.07) is 3.99. The summed E-state index contributed by atoms with van der Waals surface area (Å²) >= 11 is 12.0. The molecule has 230 valence electrons. The number of anilines is 1. The molecule has 3 unspecified atom stereocenters. The van der Waals surface area contributed by atoms with E-state index in [0.29, 0.717) is 30.0 Å². The third kappa shape index (κ3) is 5.95. The average Bonchev–Trinajstić information content (AvgIpc) is 3.53. The van der Waals surface area contributed by atoms with E-state index in [-0.39, 0.29) is 47.6 Å². The maximum Gasteiger partial charge on any atom is 0.310 e. The van der Waals surface area contributed by atoms with Crippen LogP contribution in [0.3, 0.4) is 0 Å². The van der Waals surface area contributed by atoms with E-state index in [0.717, 1.165) is 18.4 Å². The Kier molecular flexibility index (Phi) is 10.9. The van der Waals surface area contributed by atoms with Gasteiger partial charge in [-0.1, -0.05) is 65.7 Å². The van der Waals surface area contributed by atoms with E-state index in [1.165, 1.54) is 0 Å². The van der Waals surface area contributed by atoms with Gasteiger partial charge in [0.15, 0.2) is 0 Å². The molecule has 1 aromatic rings. The predicted molar refractivity (Wildman–Crippen MR) is 173 cm³/mol. The minimum absolute atomic E-state index is 0.0762. The van der Waals surface area contributed by atoms with E-state index >= 15 is 0 Å². The molecule has 0 radical (unpaired) electrons. The van der Waals surface area contributed by atoms with Crippen LogP contribution in [0.25, 0.3) is 0 Å². The van der Waals surface area contributed by atoms with E-state index < -0.39 is 34.6 Å². The highest BCUT2D eigenvalue weighted by atomic mass is 79.9. The van der Waals surface area contributed by atoms with Crippen molar-refractivity contribution >= 4 is 62.8 Å². The number of aliphatic hydroxyl groups excluding tert-OH is 1. The van der Waals surface area contributed by atoms with Crippen LogP contribution in [0.15, 0.2) is 43.5 Å². The lowest BCUT2D eigenvalue weighted by molar-refractivity contribution is -0.154. The lowest BCUT2D eigenvalue weighted by Gasteiger charge is -2.40. The Bertz CT molecular complexity index is 1190. The molecule has 7 atom stereocenters. The monoisotopic (exact) mass is 680 g/mol. The smallest absolute Gasteiger partial charge is 0.310 e. The SMILES string of the molecule is C=CCCCCOC(=O)[C@H]1[C@H]2C(=O)N([C@@H](CO)CC(C)C)C(C(=O)N(CC=C)c3c(C)cccc3Cl)C23CC(Br)[C@@H]1S3. The first kappa shape index (κ1) is 33.1. The van der Waals surface area contributed by atoms with Crippen LogP contribution < -0.4 is 4.90 Å². The van der Waals surface area contributed by atoms with Crippen molar-refractivity contribution in [2.24, 2.45) is 17.8 Å². The van der Waals surface area contributed by atoms with Crippen LogP contribution in [0.4, 0.5) is 5.69 Å². The quantitative estimate of drug-likeness (QED) is 0.113. The maximum absolute atomic E-state index is 14.9. The zero-order chi connectivity index (χ0) is 30.8. The number of thioether (sulfide) groups is 1. The minimum atomic E-state index is -0.901. The Morgan fingerprint density at radius 3 is 2.67 bits per heavy atom. The van der Waals surface area contributed by atoms with E-state index in [4.69, 9.17) is 16.3 Å². The number of alkyl halides is 1. The number of aryl methyl sites for hydroxylation is 1. The van der Waals surface area contributed by atoms with Crippen molar-refractivity contribution in [3.05, 3.63) is 54.1 Å². The summed E-state index contributed by atoms with van der Waals surface area (Å²) in [6.45, 7) is 13.8. The molecular weight excluding hydrogens is 640 g/mol. The lowest BCUT2D eigenvalue weighted by atomic mass is 9.71. The summed E-state index contributed by atoms with van der Waals surface area (Å²) in [5.74, 6) is -2.18. The van der Waals surface area contributed by atoms with Crippen LogP contribution in [0.1, 0.15) is 51.5 Å². The Morgan fingerprint density at radius 2 is 2.05 bits per heavy atom. The number of hydrogen-bond acceptors (Lipinski definition) is 6. The lowest BCUT2D eigenvalue weighted by Crippen LogP contribution is -2.58. The van der Waals surface area contributed by atoms with Crippen molar-refractivity contribution in [1.82, 2.24) is 4.90 Å². The van der Waals surface area contributed by atoms with Crippen LogP contribution in [-0.4, -0.2) is 74.5 Å². The highest BCUT2D eigenvalue weighted by molar-refractivity contribution is 9.09.